The number of likely N-dealkylation sites (tertiary alicyclic amines) is 1. The zero-order valence-electron chi connectivity index (χ0n) is 19.7. The number of nitrogens with zero attached hydrogens (tertiary/aromatic N) is 2. The number of carboxylic acid groups (broad SMARTS) is 1. The average molecular weight is 450 g/mol. The van der Waals surface area contributed by atoms with Gasteiger partial charge in [-0.3, -0.25) is 9.59 Å². The van der Waals surface area contributed by atoms with Crippen LogP contribution in [0.15, 0.2) is 36.5 Å². The Labute approximate surface area is 196 Å². The molecule has 5 atom stereocenters. The van der Waals surface area contributed by atoms with Crippen molar-refractivity contribution >= 4 is 17.6 Å². The molecule has 33 heavy (non-hydrogen) atoms. The van der Waals surface area contributed by atoms with Crippen LogP contribution in [0.3, 0.4) is 0 Å². The van der Waals surface area contributed by atoms with E-state index in [1.807, 2.05) is 4.90 Å². The van der Waals surface area contributed by atoms with E-state index in [0.717, 1.165) is 45.2 Å². The minimum Gasteiger partial charge on any atom is -0.481 e. The highest BCUT2D eigenvalue weighted by atomic mass is 16.4. The molecule has 0 bridgehead atoms. The Morgan fingerprint density at radius 1 is 1.15 bits per heavy atom. The number of nitrogens with one attached hydrogen (secondary N) is 1. The van der Waals surface area contributed by atoms with Gasteiger partial charge in [-0.05, 0) is 61.3 Å². The summed E-state index contributed by atoms with van der Waals surface area (Å²) in [6, 6.07) is 10.7. The van der Waals surface area contributed by atoms with Crippen LogP contribution in [0.4, 0.5) is 5.69 Å². The van der Waals surface area contributed by atoms with Crippen molar-refractivity contribution in [1.29, 1.82) is 0 Å². The van der Waals surface area contributed by atoms with Gasteiger partial charge in [0.2, 0.25) is 5.91 Å². The number of carboxylic acids is 1. The molecule has 5 unspecified atom stereocenters. The molecule has 2 aromatic rings. The van der Waals surface area contributed by atoms with Gasteiger partial charge in [-0.2, -0.15) is 0 Å². The second-order valence-electron chi connectivity index (χ2n) is 10.3. The molecular formula is C27H35N3O3. The molecule has 3 heterocycles. The van der Waals surface area contributed by atoms with Gasteiger partial charge in [0.05, 0.1) is 5.92 Å². The lowest BCUT2D eigenvalue weighted by molar-refractivity contribution is -0.152. The molecule has 6 heteroatoms. The van der Waals surface area contributed by atoms with E-state index in [1.165, 1.54) is 22.5 Å². The van der Waals surface area contributed by atoms with E-state index in [2.05, 4.69) is 60.4 Å². The molecule has 6 nitrogen and oxygen atoms in total. The molecule has 176 valence electrons. The minimum atomic E-state index is -0.686. The Morgan fingerprint density at radius 2 is 2.00 bits per heavy atom. The third-order valence-electron chi connectivity index (χ3n) is 8.39. The number of amides is 1. The van der Waals surface area contributed by atoms with E-state index in [9.17, 15) is 14.7 Å². The molecule has 2 N–H and O–H groups in total. The normalized spacial score (nSPS) is 27.4. The molecule has 5 rings (SSSR count). The fraction of sp³-hybridized carbons (Fsp3) is 0.556. The van der Waals surface area contributed by atoms with Crippen LogP contribution in [-0.2, 0) is 16.6 Å². The fourth-order valence-corrected chi connectivity index (χ4v) is 6.73. The summed E-state index contributed by atoms with van der Waals surface area (Å²) in [5.74, 6) is -0.194. The summed E-state index contributed by atoms with van der Waals surface area (Å²) in [6.45, 7) is 3.81. The molecule has 1 amide bonds. The van der Waals surface area contributed by atoms with E-state index in [0.29, 0.717) is 6.42 Å². The van der Waals surface area contributed by atoms with Crippen molar-refractivity contribution in [2.75, 3.05) is 18.4 Å². The molecule has 1 saturated heterocycles. The maximum Gasteiger partial charge on any atom is 0.306 e. The minimum absolute atomic E-state index is 0.0984. The van der Waals surface area contributed by atoms with Crippen LogP contribution in [0, 0.1) is 17.8 Å². The summed E-state index contributed by atoms with van der Waals surface area (Å²) in [6.07, 6.45) is 7.02. The van der Waals surface area contributed by atoms with Crippen LogP contribution in [-0.4, -0.2) is 45.6 Å². The van der Waals surface area contributed by atoms with Crippen molar-refractivity contribution < 1.29 is 14.7 Å². The number of hydrogen-bond acceptors (Lipinski definition) is 3. The molecule has 1 aromatic carbocycles. The standard InChI is InChI=1S/C27H35N3O3/c1-17(15-25(31)30-14-5-9-18-19(27(32)33)7-4-11-24(18)30)21-16-28-22-10-3-8-20(26(21)22)23-12-6-13-29(23)2/h3,6,8,10,12-13,17-19,21,24,28H,4-5,7,9,11,14-16H2,1-2H3,(H,32,33). The van der Waals surface area contributed by atoms with Crippen molar-refractivity contribution in [3.63, 3.8) is 0 Å². The quantitative estimate of drug-likeness (QED) is 0.693. The summed E-state index contributed by atoms with van der Waals surface area (Å²) >= 11 is 0. The van der Waals surface area contributed by atoms with Crippen molar-refractivity contribution in [1.82, 2.24) is 9.47 Å². The van der Waals surface area contributed by atoms with Gasteiger partial charge in [-0.25, -0.2) is 0 Å². The third kappa shape index (κ3) is 3.94. The highest BCUT2D eigenvalue weighted by molar-refractivity contribution is 5.79. The summed E-state index contributed by atoms with van der Waals surface area (Å²) < 4.78 is 2.15. The van der Waals surface area contributed by atoms with Gasteiger partial charge in [0, 0.05) is 61.7 Å². The molecule has 1 aliphatic carbocycles. The highest BCUT2D eigenvalue weighted by Gasteiger charge is 2.44. The largest absolute Gasteiger partial charge is 0.481 e. The molecule has 0 spiro atoms. The lowest BCUT2D eigenvalue weighted by Crippen LogP contribution is -2.53. The summed E-state index contributed by atoms with van der Waals surface area (Å²) in [4.78, 5) is 27.4. The van der Waals surface area contributed by atoms with Gasteiger partial charge in [-0.15, -0.1) is 0 Å². The molecule has 2 fully saturated rings. The van der Waals surface area contributed by atoms with E-state index in [-0.39, 0.29) is 35.6 Å². The molecule has 1 aromatic heterocycles. The van der Waals surface area contributed by atoms with Crippen LogP contribution >= 0.6 is 0 Å². The topological polar surface area (TPSA) is 74.6 Å². The SMILES string of the molecule is CC(CC(=O)N1CCCC2C(C(=O)O)CCCC21)C1CNc2cccc(-c3cccn3C)c21. The number of carbonyl (C=O) groups is 2. The monoisotopic (exact) mass is 449 g/mol. The van der Waals surface area contributed by atoms with Crippen LogP contribution in [0.25, 0.3) is 11.3 Å². The Kier molecular flexibility index (Phi) is 5.94. The molecular weight excluding hydrogens is 414 g/mol. The maximum atomic E-state index is 13.5. The van der Waals surface area contributed by atoms with Crippen LogP contribution in [0.1, 0.15) is 56.9 Å². The van der Waals surface area contributed by atoms with E-state index >= 15 is 0 Å². The predicted octanol–water partition coefficient (Wildman–Crippen LogP) is 4.72. The van der Waals surface area contributed by atoms with Crippen molar-refractivity contribution in [2.45, 2.75) is 57.4 Å². The Bertz CT molecular complexity index is 1040. The first-order valence-corrected chi connectivity index (χ1v) is 12.5. The lowest BCUT2D eigenvalue weighted by Gasteiger charge is -2.46. The van der Waals surface area contributed by atoms with E-state index in [1.54, 1.807) is 0 Å². The molecule has 2 aliphatic heterocycles. The first-order valence-electron chi connectivity index (χ1n) is 12.5. The second kappa shape index (κ2) is 8.88. The lowest BCUT2D eigenvalue weighted by atomic mass is 9.71. The van der Waals surface area contributed by atoms with Crippen LogP contribution in [0.2, 0.25) is 0 Å². The molecule has 0 radical (unpaired) electrons. The van der Waals surface area contributed by atoms with Gasteiger partial charge >= 0.3 is 5.97 Å². The predicted molar refractivity (Wildman–Crippen MR) is 129 cm³/mol. The first-order chi connectivity index (χ1) is 16.0. The zero-order chi connectivity index (χ0) is 23.1. The molecule has 1 saturated carbocycles. The number of carbonyl (C=O) groups excluding carboxylic acids is 1. The number of piperidine rings is 1. The number of hydrogen-bond donors (Lipinski definition) is 2. The second-order valence-corrected chi connectivity index (χ2v) is 10.3. The number of rotatable bonds is 5. The Morgan fingerprint density at radius 3 is 2.76 bits per heavy atom. The van der Waals surface area contributed by atoms with Crippen molar-refractivity contribution in [2.24, 2.45) is 24.8 Å². The average Bonchev–Trinajstić information content (AvgIpc) is 3.44. The van der Waals surface area contributed by atoms with Gasteiger partial charge in [-0.1, -0.05) is 25.5 Å². The molecule has 3 aliphatic rings. The first kappa shape index (κ1) is 22.1. The van der Waals surface area contributed by atoms with E-state index < -0.39 is 5.97 Å². The smallest absolute Gasteiger partial charge is 0.306 e. The van der Waals surface area contributed by atoms with Crippen LogP contribution in [0.5, 0.6) is 0 Å². The summed E-state index contributed by atoms with van der Waals surface area (Å²) in [7, 11) is 2.07. The van der Waals surface area contributed by atoms with Crippen LogP contribution < -0.4 is 5.32 Å². The number of benzene rings is 1. The zero-order valence-corrected chi connectivity index (χ0v) is 19.7. The number of aliphatic carboxylic acids is 1. The Hall–Kier alpha value is -2.76. The van der Waals surface area contributed by atoms with Crippen molar-refractivity contribution in [3.8, 4) is 11.3 Å². The number of aromatic nitrogens is 1. The maximum absolute atomic E-state index is 13.5. The number of fused-ring (bicyclic) bond motifs is 2. The summed E-state index contributed by atoms with van der Waals surface area (Å²) in [5, 5.41) is 13.3. The highest BCUT2D eigenvalue weighted by Crippen LogP contribution is 2.44. The van der Waals surface area contributed by atoms with Gasteiger partial charge in [0.15, 0.2) is 0 Å². The van der Waals surface area contributed by atoms with E-state index in [4.69, 9.17) is 0 Å². The van der Waals surface area contributed by atoms with Gasteiger partial charge in [0.25, 0.3) is 0 Å². The number of anilines is 1. The number of aryl methyl sites for hydroxylation is 1. The third-order valence-corrected chi connectivity index (χ3v) is 8.39. The van der Waals surface area contributed by atoms with Gasteiger partial charge < -0.3 is 19.9 Å². The Balaban J connectivity index is 1.34. The van der Waals surface area contributed by atoms with Gasteiger partial charge in [0.1, 0.15) is 0 Å². The fourth-order valence-electron chi connectivity index (χ4n) is 6.73. The summed E-state index contributed by atoms with van der Waals surface area (Å²) in [5.41, 5.74) is 4.93. The van der Waals surface area contributed by atoms with Crippen molar-refractivity contribution in [3.05, 3.63) is 42.1 Å².